The number of para-hydroxylation sites is 2. The fourth-order valence-electron chi connectivity index (χ4n) is 3.42. The standard InChI is InChI=1S/C23H28N4O2/c1-3-17-8-4-6-10-20(17)26-23(29)16-27(2)15-22(28)24-13-12-18-14-25-21-11-7-5-9-19(18)21/h4-11,14,25H,3,12-13,15-16H2,1-2H3,(H,24,28)(H,26,29). The van der Waals surface area contributed by atoms with Gasteiger partial charge in [0.25, 0.3) is 0 Å². The van der Waals surface area contributed by atoms with E-state index in [9.17, 15) is 9.59 Å². The normalized spacial score (nSPS) is 11.0. The Morgan fingerprint density at radius 1 is 0.966 bits per heavy atom. The smallest absolute Gasteiger partial charge is 0.238 e. The minimum absolute atomic E-state index is 0.0888. The third-order valence-electron chi connectivity index (χ3n) is 4.89. The molecular weight excluding hydrogens is 364 g/mol. The molecule has 0 fully saturated rings. The third-order valence-corrected chi connectivity index (χ3v) is 4.89. The predicted octanol–water partition coefficient (Wildman–Crippen LogP) is 2.96. The molecule has 29 heavy (non-hydrogen) atoms. The Bertz CT molecular complexity index is 980. The van der Waals surface area contributed by atoms with Crippen LogP contribution in [-0.4, -0.2) is 48.4 Å². The van der Waals surface area contributed by atoms with Gasteiger partial charge in [0, 0.05) is 29.3 Å². The number of likely N-dealkylation sites (N-methyl/N-ethyl adjacent to an activating group) is 1. The molecule has 152 valence electrons. The molecule has 3 N–H and O–H groups in total. The van der Waals surface area contributed by atoms with Gasteiger partial charge in [-0.3, -0.25) is 14.5 Å². The molecule has 0 atom stereocenters. The quantitative estimate of drug-likeness (QED) is 0.524. The summed E-state index contributed by atoms with van der Waals surface area (Å²) in [7, 11) is 1.77. The van der Waals surface area contributed by atoms with Gasteiger partial charge in [-0.25, -0.2) is 0 Å². The van der Waals surface area contributed by atoms with Crippen LogP contribution in [0.5, 0.6) is 0 Å². The average Bonchev–Trinajstić information content (AvgIpc) is 3.11. The molecule has 3 aromatic rings. The van der Waals surface area contributed by atoms with E-state index in [1.807, 2.05) is 48.7 Å². The number of nitrogens with one attached hydrogen (secondary N) is 3. The van der Waals surface area contributed by atoms with Crippen LogP contribution in [0.25, 0.3) is 10.9 Å². The van der Waals surface area contributed by atoms with Crippen molar-refractivity contribution in [3.63, 3.8) is 0 Å². The molecule has 0 saturated heterocycles. The van der Waals surface area contributed by atoms with Gasteiger partial charge < -0.3 is 15.6 Å². The highest BCUT2D eigenvalue weighted by Crippen LogP contribution is 2.17. The molecule has 6 nitrogen and oxygen atoms in total. The van der Waals surface area contributed by atoms with Gasteiger partial charge in [-0.15, -0.1) is 0 Å². The fraction of sp³-hybridized carbons (Fsp3) is 0.304. The van der Waals surface area contributed by atoms with E-state index in [0.29, 0.717) is 6.54 Å². The summed E-state index contributed by atoms with van der Waals surface area (Å²) in [6.45, 7) is 2.95. The predicted molar refractivity (Wildman–Crippen MR) is 117 cm³/mol. The number of rotatable bonds is 9. The molecule has 0 bridgehead atoms. The van der Waals surface area contributed by atoms with E-state index < -0.39 is 0 Å². The topological polar surface area (TPSA) is 77.2 Å². The van der Waals surface area contributed by atoms with Crippen molar-refractivity contribution in [1.29, 1.82) is 0 Å². The SMILES string of the molecule is CCc1ccccc1NC(=O)CN(C)CC(=O)NCCc1c[nH]c2ccccc12. The van der Waals surface area contributed by atoms with Crippen molar-refractivity contribution >= 4 is 28.4 Å². The lowest BCUT2D eigenvalue weighted by Gasteiger charge is -2.17. The molecule has 0 radical (unpaired) electrons. The lowest BCUT2D eigenvalue weighted by Crippen LogP contribution is -2.39. The Morgan fingerprint density at radius 2 is 1.69 bits per heavy atom. The number of carbonyl (C=O) groups is 2. The number of hydrogen-bond donors (Lipinski definition) is 3. The van der Waals surface area contributed by atoms with E-state index in [0.717, 1.165) is 29.6 Å². The van der Waals surface area contributed by atoms with Crippen LogP contribution in [0, 0.1) is 0 Å². The molecule has 0 aliphatic heterocycles. The number of hydrogen-bond acceptors (Lipinski definition) is 3. The molecule has 0 unspecified atom stereocenters. The van der Waals surface area contributed by atoms with Gasteiger partial charge in [-0.2, -0.15) is 0 Å². The zero-order valence-electron chi connectivity index (χ0n) is 17.0. The maximum absolute atomic E-state index is 12.3. The Morgan fingerprint density at radius 3 is 2.52 bits per heavy atom. The summed E-state index contributed by atoms with van der Waals surface area (Å²) < 4.78 is 0. The van der Waals surface area contributed by atoms with E-state index in [1.54, 1.807) is 11.9 Å². The first-order valence-corrected chi connectivity index (χ1v) is 9.94. The minimum atomic E-state index is -0.125. The summed E-state index contributed by atoms with van der Waals surface area (Å²) in [5.74, 6) is -0.214. The van der Waals surface area contributed by atoms with Gasteiger partial charge in [-0.05, 0) is 43.1 Å². The highest BCUT2D eigenvalue weighted by molar-refractivity contribution is 5.93. The molecule has 2 amide bonds. The van der Waals surface area contributed by atoms with Crippen LogP contribution in [0.3, 0.4) is 0 Å². The Kier molecular flexibility index (Phi) is 7.03. The first kappa shape index (κ1) is 20.6. The van der Waals surface area contributed by atoms with Crippen molar-refractivity contribution in [3.8, 4) is 0 Å². The maximum Gasteiger partial charge on any atom is 0.238 e. The number of benzene rings is 2. The number of amides is 2. The van der Waals surface area contributed by atoms with Crippen molar-refractivity contribution in [2.75, 3.05) is 32.0 Å². The maximum atomic E-state index is 12.3. The summed E-state index contributed by atoms with van der Waals surface area (Å²) in [5.41, 5.74) is 4.21. The number of carbonyl (C=O) groups excluding carboxylic acids is 2. The van der Waals surface area contributed by atoms with Crippen LogP contribution >= 0.6 is 0 Å². The number of aromatic nitrogens is 1. The van der Waals surface area contributed by atoms with Crippen molar-refractivity contribution in [2.24, 2.45) is 0 Å². The van der Waals surface area contributed by atoms with E-state index >= 15 is 0 Å². The van der Waals surface area contributed by atoms with Gasteiger partial charge in [-0.1, -0.05) is 43.3 Å². The number of nitrogens with zero attached hydrogens (tertiary/aromatic N) is 1. The summed E-state index contributed by atoms with van der Waals surface area (Å²) in [5, 5.41) is 7.04. The second-order valence-electron chi connectivity index (χ2n) is 7.19. The molecule has 0 aliphatic rings. The number of anilines is 1. The van der Waals surface area contributed by atoms with Crippen molar-refractivity contribution in [1.82, 2.24) is 15.2 Å². The van der Waals surface area contributed by atoms with Crippen LogP contribution in [0.4, 0.5) is 5.69 Å². The largest absolute Gasteiger partial charge is 0.361 e. The van der Waals surface area contributed by atoms with E-state index in [4.69, 9.17) is 0 Å². The molecule has 0 spiro atoms. The van der Waals surface area contributed by atoms with Crippen LogP contribution in [0.15, 0.2) is 54.7 Å². The van der Waals surface area contributed by atoms with Gasteiger partial charge in [0.15, 0.2) is 0 Å². The number of H-pyrrole nitrogens is 1. The monoisotopic (exact) mass is 392 g/mol. The fourth-order valence-corrected chi connectivity index (χ4v) is 3.42. The summed E-state index contributed by atoms with van der Waals surface area (Å²) in [6.07, 6.45) is 3.60. The average molecular weight is 393 g/mol. The Balaban J connectivity index is 1.41. The second-order valence-corrected chi connectivity index (χ2v) is 7.19. The first-order chi connectivity index (χ1) is 14.1. The lowest BCUT2D eigenvalue weighted by atomic mass is 10.1. The lowest BCUT2D eigenvalue weighted by molar-refractivity contribution is -0.122. The van der Waals surface area contributed by atoms with E-state index in [-0.39, 0.29) is 24.9 Å². The van der Waals surface area contributed by atoms with E-state index in [2.05, 4.69) is 28.6 Å². The molecule has 1 heterocycles. The number of fused-ring (bicyclic) bond motifs is 1. The highest BCUT2D eigenvalue weighted by Gasteiger charge is 2.12. The number of aromatic amines is 1. The molecule has 0 saturated carbocycles. The molecule has 1 aromatic heterocycles. The van der Waals surface area contributed by atoms with Crippen LogP contribution in [0.1, 0.15) is 18.1 Å². The minimum Gasteiger partial charge on any atom is -0.361 e. The van der Waals surface area contributed by atoms with Crippen molar-refractivity contribution in [3.05, 3.63) is 65.9 Å². The molecular formula is C23H28N4O2. The van der Waals surface area contributed by atoms with Gasteiger partial charge >= 0.3 is 0 Å². The first-order valence-electron chi connectivity index (χ1n) is 9.94. The number of aryl methyl sites for hydroxylation is 1. The zero-order chi connectivity index (χ0) is 20.6. The van der Waals surface area contributed by atoms with Crippen LogP contribution < -0.4 is 10.6 Å². The molecule has 3 rings (SSSR count). The Labute approximate surface area is 171 Å². The molecule has 0 aliphatic carbocycles. The second kappa shape index (κ2) is 9.89. The third kappa shape index (κ3) is 5.68. The van der Waals surface area contributed by atoms with Gasteiger partial charge in [0.05, 0.1) is 13.1 Å². The molecule has 6 heteroatoms. The van der Waals surface area contributed by atoms with Crippen LogP contribution in [-0.2, 0) is 22.4 Å². The Hall–Kier alpha value is -3.12. The van der Waals surface area contributed by atoms with Crippen LogP contribution in [0.2, 0.25) is 0 Å². The van der Waals surface area contributed by atoms with Gasteiger partial charge in [0.1, 0.15) is 0 Å². The van der Waals surface area contributed by atoms with E-state index in [1.165, 1.54) is 10.9 Å². The summed E-state index contributed by atoms with van der Waals surface area (Å²) >= 11 is 0. The van der Waals surface area contributed by atoms with Crippen molar-refractivity contribution in [2.45, 2.75) is 19.8 Å². The molecule has 2 aromatic carbocycles. The highest BCUT2D eigenvalue weighted by atomic mass is 16.2. The summed E-state index contributed by atoms with van der Waals surface area (Å²) in [6, 6.07) is 15.9. The summed E-state index contributed by atoms with van der Waals surface area (Å²) in [4.78, 5) is 29.4. The van der Waals surface area contributed by atoms with Gasteiger partial charge in [0.2, 0.25) is 11.8 Å². The van der Waals surface area contributed by atoms with Crippen molar-refractivity contribution < 1.29 is 9.59 Å². The zero-order valence-corrected chi connectivity index (χ0v) is 17.0.